The summed E-state index contributed by atoms with van der Waals surface area (Å²) in [5.74, 6) is -4.05. The third-order valence-corrected chi connectivity index (χ3v) is 3.37. The van der Waals surface area contributed by atoms with Crippen LogP contribution < -0.4 is 0 Å². The Morgan fingerprint density at radius 2 is 2.10 bits per heavy atom. The molecular weight excluding hydrogens is 300 g/mol. The lowest BCUT2D eigenvalue weighted by Crippen LogP contribution is -2.10. The number of hydrogen-bond donors (Lipinski definition) is 1. The maximum atomic E-state index is 13.7. The molecule has 0 spiro atoms. The van der Waals surface area contributed by atoms with E-state index in [9.17, 15) is 22.4 Å². The van der Waals surface area contributed by atoms with Crippen LogP contribution in [0.5, 0.6) is 0 Å². The molecule has 0 amide bonds. The van der Waals surface area contributed by atoms with E-state index in [-0.39, 0.29) is 10.7 Å². The van der Waals surface area contributed by atoms with Crippen molar-refractivity contribution in [2.45, 2.75) is 18.1 Å². The number of aromatic nitrogens is 2. The third kappa shape index (κ3) is 2.87. The molecule has 0 saturated carbocycles. The molecule has 20 heavy (non-hydrogen) atoms. The number of fused-ring (bicyclic) bond motifs is 1. The highest BCUT2D eigenvalue weighted by Crippen LogP contribution is 2.28. The summed E-state index contributed by atoms with van der Waals surface area (Å²) in [5, 5.41) is 8.49. The molecule has 0 atom stereocenters. The molecule has 2 aromatic rings. The Labute approximate surface area is 114 Å². The molecule has 108 valence electrons. The molecule has 1 heterocycles. The molecule has 0 bridgehead atoms. The molecule has 1 aromatic carbocycles. The zero-order valence-corrected chi connectivity index (χ0v) is 10.6. The van der Waals surface area contributed by atoms with E-state index in [2.05, 4.69) is 4.98 Å². The normalized spacial score (nSPS) is 11.4. The molecule has 2 rings (SSSR count). The van der Waals surface area contributed by atoms with Gasteiger partial charge in [-0.3, -0.25) is 4.79 Å². The number of benzene rings is 1. The first kappa shape index (κ1) is 14.6. The van der Waals surface area contributed by atoms with Gasteiger partial charge in [-0.1, -0.05) is 11.8 Å². The van der Waals surface area contributed by atoms with Crippen LogP contribution in [0.25, 0.3) is 11.0 Å². The number of carboxylic acids is 1. The highest BCUT2D eigenvalue weighted by molar-refractivity contribution is 7.99. The molecule has 0 saturated heterocycles. The summed E-state index contributed by atoms with van der Waals surface area (Å²) < 4.78 is 52.8. The maximum absolute atomic E-state index is 13.7. The Balaban J connectivity index is 2.55. The summed E-state index contributed by atoms with van der Waals surface area (Å²) in [5.41, 5.74) is -0.393. The molecular formula is C11H8F4N2O2S. The lowest BCUT2D eigenvalue weighted by molar-refractivity contribution is -0.133. The van der Waals surface area contributed by atoms with Gasteiger partial charge in [-0.05, 0) is 12.1 Å². The number of alkyl halides is 2. The van der Waals surface area contributed by atoms with E-state index < -0.39 is 41.8 Å². The van der Waals surface area contributed by atoms with Gasteiger partial charge in [0.1, 0.15) is 5.52 Å². The first-order valence-corrected chi connectivity index (χ1v) is 6.35. The van der Waals surface area contributed by atoms with E-state index in [1.807, 2.05) is 0 Å². The molecule has 0 aliphatic rings. The third-order valence-electron chi connectivity index (χ3n) is 2.41. The Bertz CT molecular complexity index is 659. The zero-order chi connectivity index (χ0) is 14.9. The van der Waals surface area contributed by atoms with Crippen LogP contribution in [0.3, 0.4) is 0 Å². The van der Waals surface area contributed by atoms with Gasteiger partial charge in [0.25, 0.3) is 6.43 Å². The highest BCUT2D eigenvalue weighted by atomic mass is 32.2. The van der Waals surface area contributed by atoms with Crippen molar-refractivity contribution in [1.82, 2.24) is 9.55 Å². The smallest absolute Gasteiger partial charge is 0.313 e. The quantitative estimate of drug-likeness (QED) is 0.681. The Morgan fingerprint density at radius 3 is 2.70 bits per heavy atom. The van der Waals surface area contributed by atoms with E-state index in [1.165, 1.54) is 0 Å². The lowest BCUT2D eigenvalue weighted by Gasteiger charge is -2.07. The van der Waals surface area contributed by atoms with Crippen LogP contribution in [0.4, 0.5) is 17.6 Å². The second-order valence-electron chi connectivity index (χ2n) is 3.81. The number of carbonyl (C=O) groups is 1. The first-order chi connectivity index (χ1) is 9.40. The van der Waals surface area contributed by atoms with Crippen molar-refractivity contribution in [3.63, 3.8) is 0 Å². The fraction of sp³-hybridized carbons (Fsp3) is 0.273. The largest absolute Gasteiger partial charge is 0.481 e. The molecule has 9 heteroatoms. The van der Waals surface area contributed by atoms with Gasteiger partial charge in [0.15, 0.2) is 16.8 Å². The maximum Gasteiger partial charge on any atom is 0.313 e. The van der Waals surface area contributed by atoms with Gasteiger partial charge in [0.05, 0.1) is 17.8 Å². The molecule has 0 radical (unpaired) electrons. The van der Waals surface area contributed by atoms with Crippen molar-refractivity contribution in [1.29, 1.82) is 0 Å². The number of aliphatic carboxylic acids is 1. The van der Waals surface area contributed by atoms with Crippen molar-refractivity contribution in [3.8, 4) is 0 Å². The van der Waals surface area contributed by atoms with Gasteiger partial charge in [-0.2, -0.15) is 0 Å². The second-order valence-corrected chi connectivity index (χ2v) is 4.75. The number of imidazole rings is 1. The standard InChI is InChI=1S/C11H8F4N2O2S/c12-5-1-2-6-10(9(5)15)17(3-7(13)14)11(16-6)20-4-8(18)19/h1-2,7H,3-4H2,(H,18,19). The van der Waals surface area contributed by atoms with E-state index in [4.69, 9.17) is 5.11 Å². The van der Waals surface area contributed by atoms with Crippen LogP contribution in [-0.4, -0.2) is 32.8 Å². The van der Waals surface area contributed by atoms with Gasteiger partial charge < -0.3 is 9.67 Å². The predicted octanol–water partition coefficient (Wildman–Crippen LogP) is 2.76. The molecule has 4 nitrogen and oxygen atoms in total. The number of halogens is 4. The summed E-state index contributed by atoms with van der Waals surface area (Å²) in [4.78, 5) is 14.4. The fourth-order valence-corrected chi connectivity index (χ4v) is 2.42. The van der Waals surface area contributed by atoms with E-state index in [1.54, 1.807) is 0 Å². The van der Waals surface area contributed by atoms with Crippen molar-refractivity contribution in [2.75, 3.05) is 5.75 Å². The lowest BCUT2D eigenvalue weighted by atomic mass is 10.3. The average molecular weight is 308 g/mol. The summed E-state index contributed by atoms with van der Waals surface area (Å²) >= 11 is 0.667. The van der Waals surface area contributed by atoms with E-state index in [0.29, 0.717) is 11.8 Å². The van der Waals surface area contributed by atoms with Gasteiger partial charge in [-0.15, -0.1) is 0 Å². The van der Waals surface area contributed by atoms with Crippen molar-refractivity contribution in [2.24, 2.45) is 0 Å². The Morgan fingerprint density at radius 1 is 1.40 bits per heavy atom. The number of rotatable bonds is 5. The van der Waals surface area contributed by atoms with Crippen molar-refractivity contribution in [3.05, 3.63) is 23.8 Å². The molecule has 1 N–H and O–H groups in total. The number of hydrogen-bond acceptors (Lipinski definition) is 3. The predicted molar refractivity (Wildman–Crippen MR) is 64.0 cm³/mol. The molecule has 1 aromatic heterocycles. The van der Waals surface area contributed by atoms with Crippen LogP contribution in [0.15, 0.2) is 17.3 Å². The number of nitrogens with zero attached hydrogens (tertiary/aromatic N) is 2. The van der Waals surface area contributed by atoms with Gasteiger partial charge >= 0.3 is 5.97 Å². The minimum absolute atomic E-state index is 0.00237. The van der Waals surface area contributed by atoms with E-state index >= 15 is 0 Å². The summed E-state index contributed by atoms with van der Waals surface area (Å²) in [6, 6.07) is 1.99. The Kier molecular flexibility index (Phi) is 4.17. The first-order valence-electron chi connectivity index (χ1n) is 5.37. The van der Waals surface area contributed by atoms with Gasteiger partial charge in [0.2, 0.25) is 0 Å². The van der Waals surface area contributed by atoms with Crippen LogP contribution >= 0.6 is 11.8 Å². The van der Waals surface area contributed by atoms with Crippen LogP contribution in [0.2, 0.25) is 0 Å². The minimum Gasteiger partial charge on any atom is -0.481 e. The fourth-order valence-electron chi connectivity index (χ4n) is 1.68. The minimum atomic E-state index is -2.81. The van der Waals surface area contributed by atoms with Crippen LogP contribution in [0, 0.1) is 11.6 Å². The average Bonchev–Trinajstić information content (AvgIpc) is 2.69. The van der Waals surface area contributed by atoms with Gasteiger partial charge in [0, 0.05) is 0 Å². The molecule has 0 aliphatic heterocycles. The number of carboxylic acid groups (broad SMARTS) is 1. The zero-order valence-electron chi connectivity index (χ0n) is 9.82. The van der Waals surface area contributed by atoms with Crippen LogP contribution in [0.1, 0.15) is 0 Å². The second kappa shape index (κ2) is 5.70. The van der Waals surface area contributed by atoms with Gasteiger partial charge in [-0.25, -0.2) is 22.5 Å². The summed E-state index contributed by atoms with van der Waals surface area (Å²) in [7, 11) is 0. The molecule has 0 unspecified atom stereocenters. The van der Waals surface area contributed by atoms with Crippen LogP contribution in [-0.2, 0) is 11.3 Å². The summed E-state index contributed by atoms with van der Waals surface area (Å²) in [6.45, 7) is -0.890. The monoisotopic (exact) mass is 308 g/mol. The van der Waals surface area contributed by atoms with E-state index in [0.717, 1.165) is 16.7 Å². The topological polar surface area (TPSA) is 55.1 Å². The molecule has 0 aliphatic carbocycles. The summed E-state index contributed by atoms with van der Waals surface area (Å²) in [6.07, 6.45) is -2.81. The molecule has 0 fully saturated rings. The SMILES string of the molecule is O=C(O)CSc1nc2ccc(F)c(F)c2n1CC(F)F. The van der Waals surface area contributed by atoms with Crippen molar-refractivity contribution >= 4 is 28.8 Å². The number of thioether (sulfide) groups is 1. The van der Waals surface area contributed by atoms with Crippen molar-refractivity contribution < 1.29 is 27.5 Å². The Hall–Kier alpha value is -1.77. The highest BCUT2D eigenvalue weighted by Gasteiger charge is 2.20.